The van der Waals surface area contributed by atoms with Gasteiger partial charge in [-0.15, -0.1) is 0 Å². The van der Waals surface area contributed by atoms with Gasteiger partial charge in [0.1, 0.15) is 17.2 Å². The number of aromatic nitrogens is 2. The molecule has 1 saturated heterocycles. The van der Waals surface area contributed by atoms with Gasteiger partial charge in [-0.05, 0) is 79.9 Å². The zero-order chi connectivity index (χ0) is 27.3. The summed E-state index contributed by atoms with van der Waals surface area (Å²) < 4.78 is 44.6. The minimum atomic E-state index is -4.64. The number of hydrogen-bond acceptors (Lipinski definition) is 6. The highest BCUT2D eigenvalue weighted by Gasteiger charge is 2.33. The van der Waals surface area contributed by atoms with E-state index in [4.69, 9.17) is 9.72 Å². The molecule has 7 nitrogen and oxygen atoms in total. The van der Waals surface area contributed by atoms with E-state index in [0.717, 1.165) is 34.8 Å². The van der Waals surface area contributed by atoms with E-state index < -0.39 is 17.8 Å². The summed E-state index contributed by atoms with van der Waals surface area (Å²) in [6.07, 6.45) is -3.67. The molecule has 38 heavy (non-hydrogen) atoms. The van der Waals surface area contributed by atoms with Crippen LogP contribution in [0.1, 0.15) is 34.2 Å². The number of carbonyl (C=O) groups excluding carboxylic acids is 1. The highest BCUT2D eigenvalue weighted by atomic mass is 19.4. The van der Waals surface area contributed by atoms with Gasteiger partial charge < -0.3 is 20.3 Å². The van der Waals surface area contributed by atoms with Crippen LogP contribution in [0.4, 0.5) is 24.7 Å². The Morgan fingerprint density at radius 3 is 2.61 bits per heavy atom. The molecule has 0 bridgehead atoms. The van der Waals surface area contributed by atoms with Crippen LogP contribution in [0.25, 0.3) is 11.1 Å². The summed E-state index contributed by atoms with van der Waals surface area (Å²) in [4.78, 5) is 23.0. The van der Waals surface area contributed by atoms with Crippen LogP contribution in [0.2, 0.25) is 0 Å². The van der Waals surface area contributed by atoms with Crippen LogP contribution < -0.4 is 15.5 Å². The largest absolute Gasteiger partial charge is 0.433 e. The van der Waals surface area contributed by atoms with Crippen molar-refractivity contribution in [3.05, 3.63) is 71.2 Å². The SMILES string of the molecule is CNC(C)C#Cc1cc(-c2cc(NC(=O)c3ccnc(C(F)(F)F)c3)ccc2C)cc(N2CCOCC2)n1. The fraction of sp³-hybridized carbons (Fsp3) is 0.321. The number of alkyl halides is 3. The normalized spacial score (nSPS) is 14.4. The van der Waals surface area contributed by atoms with Gasteiger partial charge >= 0.3 is 6.18 Å². The predicted octanol–water partition coefficient (Wildman–Crippen LogP) is 4.52. The van der Waals surface area contributed by atoms with Crippen molar-refractivity contribution < 1.29 is 22.7 Å². The Hall–Kier alpha value is -3.94. The fourth-order valence-electron chi connectivity index (χ4n) is 3.89. The molecule has 2 aromatic heterocycles. The van der Waals surface area contributed by atoms with Crippen LogP contribution in [-0.2, 0) is 10.9 Å². The summed E-state index contributed by atoms with van der Waals surface area (Å²) in [5, 5.41) is 5.79. The van der Waals surface area contributed by atoms with E-state index >= 15 is 0 Å². The Balaban J connectivity index is 1.68. The van der Waals surface area contributed by atoms with E-state index in [1.165, 1.54) is 6.07 Å². The van der Waals surface area contributed by atoms with Crippen LogP contribution in [0.5, 0.6) is 0 Å². The summed E-state index contributed by atoms with van der Waals surface area (Å²) in [5.41, 5.74) is 2.45. The smallest absolute Gasteiger partial charge is 0.378 e. The number of halogens is 3. The van der Waals surface area contributed by atoms with Gasteiger partial charge in [0.15, 0.2) is 0 Å². The number of anilines is 2. The Kier molecular flexibility index (Phi) is 8.29. The molecule has 1 aromatic carbocycles. The molecule has 1 atom stereocenters. The van der Waals surface area contributed by atoms with Crippen molar-refractivity contribution in [2.75, 3.05) is 43.6 Å². The third-order valence-electron chi connectivity index (χ3n) is 6.12. The van der Waals surface area contributed by atoms with Crippen molar-refractivity contribution in [1.82, 2.24) is 15.3 Å². The third kappa shape index (κ3) is 6.68. The molecular weight excluding hydrogens is 495 g/mol. The molecule has 1 fully saturated rings. The monoisotopic (exact) mass is 523 g/mol. The van der Waals surface area contributed by atoms with Crippen molar-refractivity contribution >= 4 is 17.4 Å². The number of morpholine rings is 1. The lowest BCUT2D eigenvalue weighted by Gasteiger charge is -2.28. The van der Waals surface area contributed by atoms with E-state index in [9.17, 15) is 18.0 Å². The number of amides is 1. The number of pyridine rings is 2. The van der Waals surface area contributed by atoms with Gasteiger partial charge in [-0.1, -0.05) is 12.0 Å². The number of nitrogens with one attached hydrogen (secondary N) is 2. The predicted molar refractivity (Wildman–Crippen MR) is 140 cm³/mol. The van der Waals surface area contributed by atoms with Crippen LogP contribution in [-0.4, -0.2) is 55.3 Å². The Morgan fingerprint density at radius 1 is 1.13 bits per heavy atom. The number of carbonyl (C=O) groups is 1. The molecule has 1 unspecified atom stereocenters. The molecule has 0 spiro atoms. The highest BCUT2D eigenvalue weighted by molar-refractivity contribution is 6.04. The van der Waals surface area contributed by atoms with Gasteiger partial charge in [-0.3, -0.25) is 9.78 Å². The Morgan fingerprint density at radius 2 is 1.89 bits per heavy atom. The van der Waals surface area contributed by atoms with Crippen molar-refractivity contribution in [2.45, 2.75) is 26.1 Å². The van der Waals surface area contributed by atoms with Gasteiger partial charge in [0, 0.05) is 30.5 Å². The first kappa shape index (κ1) is 27.1. The molecule has 2 N–H and O–H groups in total. The number of hydrogen-bond donors (Lipinski definition) is 2. The molecule has 1 aliphatic heterocycles. The van der Waals surface area contributed by atoms with Crippen LogP contribution in [0, 0.1) is 18.8 Å². The maximum atomic E-state index is 13.0. The summed E-state index contributed by atoms with van der Waals surface area (Å²) in [5.74, 6) is 6.39. The first-order valence-corrected chi connectivity index (χ1v) is 12.1. The quantitative estimate of drug-likeness (QED) is 0.479. The Labute approximate surface area is 219 Å². The zero-order valence-corrected chi connectivity index (χ0v) is 21.3. The minimum absolute atomic E-state index is 0.0152. The zero-order valence-electron chi connectivity index (χ0n) is 21.3. The summed E-state index contributed by atoms with van der Waals surface area (Å²) in [6.45, 7) is 6.53. The van der Waals surface area contributed by atoms with E-state index in [0.29, 0.717) is 37.7 Å². The number of ether oxygens (including phenoxy) is 1. The molecule has 4 rings (SSSR count). The Bertz CT molecular complexity index is 1370. The highest BCUT2D eigenvalue weighted by Crippen LogP contribution is 2.31. The second-order valence-corrected chi connectivity index (χ2v) is 8.89. The second-order valence-electron chi connectivity index (χ2n) is 8.89. The average Bonchev–Trinajstić information content (AvgIpc) is 2.92. The first-order valence-electron chi connectivity index (χ1n) is 12.1. The van der Waals surface area contributed by atoms with E-state index in [-0.39, 0.29) is 11.6 Å². The molecular formula is C28H28F3N5O2. The maximum absolute atomic E-state index is 13.0. The molecule has 0 radical (unpaired) electrons. The van der Waals surface area contributed by atoms with Gasteiger partial charge in [0.25, 0.3) is 5.91 Å². The summed E-state index contributed by atoms with van der Waals surface area (Å²) in [6, 6.07) is 11.2. The lowest BCUT2D eigenvalue weighted by Crippen LogP contribution is -2.36. The topological polar surface area (TPSA) is 79.4 Å². The van der Waals surface area contributed by atoms with E-state index in [1.807, 2.05) is 39.1 Å². The van der Waals surface area contributed by atoms with Crippen molar-refractivity contribution in [2.24, 2.45) is 0 Å². The van der Waals surface area contributed by atoms with E-state index in [1.54, 1.807) is 12.1 Å². The van der Waals surface area contributed by atoms with Gasteiger partial charge in [-0.2, -0.15) is 13.2 Å². The molecule has 0 aliphatic carbocycles. The molecule has 1 amide bonds. The standard InChI is InChI=1S/C28H28F3N5O2/c1-18-4-6-23(35-27(37)20-8-9-33-25(15-20)28(29,30)31)17-24(18)21-14-22(7-5-19(2)32-3)34-26(16-21)36-10-12-38-13-11-36/h4,6,8-9,14-17,19,32H,10-13H2,1-3H3,(H,35,37). The molecule has 198 valence electrons. The molecule has 3 aromatic rings. The van der Waals surface area contributed by atoms with Gasteiger partial charge in [0.05, 0.1) is 19.3 Å². The van der Waals surface area contributed by atoms with E-state index in [2.05, 4.69) is 32.4 Å². The van der Waals surface area contributed by atoms with Gasteiger partial charge in [-0.25, -0.2) is 4.98 Å². The van der Waals surface area contributed by atoms with Crippen LogP contribution in [0.15, 0.2) is 48.7 Å². The second kappa shape index (κ2) is 11.6. The summed E-state index contributed by atoms with van der Waals surface area (Å²) in [7, 11) is 1.83. The third-order valence-corrected chi connectivity index (χ3v) is 6.12. The first-order chi connectivity index (χ1) is 18.1. The fourth-order valence-corrected chi connectivity index (χ4v) is 3.89. The van der Waals surface area contributed by atoms with Crippen molar-refractivity contribution in [1.29, 1.82) is 0 Å². The number of nitrogens with zero attached hydrogens (tertiary/aromatic N) is 3. The lowest BCUT2D eigenvalue weighted by atomic mass is 9.99. The molecule has 3 heterocycles. The number of aryl methyl sites for hydroxylation is 1. The van der Waals surface area contributed by atoms with Gasteiger partial charge in [0.2, 0.25) is 0 Å². The maximum Gasteiger partial charge on any atom is 0.433 e. The lowest BCUT2D eigenvalue weighted by molar-refractivity contribution is -0.141. The molecule has 0 saturated carbocycles. The van der Waals surface area contributed by atoms with Crippen molar-refractivity contribution in [3.63, 3.8) is 0 Å². The summed E-state index contributed by atoms with van der Waals surface area (Å²) >= 11 is 0. The average molecular weight is 524 g/mol. The van der Waals surface area contributed by atoms with Crippen LogP contribution in [0.3, 0.4) is 0 Å². The van der Waals surface area contributed by atoms with Crippen molar-refractivity contribution in [3.8, 4) is 23.0 Å². The minimum Gasteiger partial charge on any atom is -0.378 e. The molecule has 1 aliphatic rings. The molecule has 10 heteroatoms. The number of rotatable bonds is 5. The number of benzene rings is 1. The van der Waals surface area contributed by atoms with Crippen LogP contribution >= 0.6 is 0 Å².